The number of fused-ring (bicyclic) bond motifs is 1. The zero-order valence-electron chi connectivity index (χ0n) is 20.5. The monoisotopic (exact) mass is 532 g/mol. The van der Waals surface area contributed by atoms with Crippen molar-refractivity contribution in [3.05, 3.63) is 76.6 Å². The fourth-order valence-corrected chi connectivity index (χ4v) is 4.44. The molecule has 0 aliphatic carbocycles. The van der Waals surface area contributed by atoms with Crippen LogP contribution < -0.4 is 10.6 Å². The van der Waals surface area contributed by atoms with Gasteiger partial charge >= 0.3 is 12.2 Å². The van der Waals surface area contributed by atoms with Crippen LogP contribution in [0.3, 0.4) is 0 Å². The molecule has 11 heteroatoms. The van der Waals surface area contributed by atoms with Crippen LogP contribution in [0.2, 0.25) is 5.02 Å². The van der Waals surface area contributed by atoms with E-state index < -0.39 is 22.8 Å². The van der Waals surface area contributed by atoms with Crippen molar-refractivity contribution in [3.8, 4) is 0 Å². The van der Waals surface area contributed by atoms with Crippen LogP contribution >= 0.6 is 11.6 Å². The number of nitrogens with zero attached hydrogens (tertiary/aromatic N) is 4. The third-order valence-corrected chi connectivity index (χ3v) is 6.50. The van der Waals surface area contributed by atoms with Gasteiger partial charge in [0.15, 0.2) is 0 Å². The van der Waals surface area contributed by atoms with Gasteiger partial charge in [0.05, 0.1) is 16.3 Å². The molecule has 2 aromatic rings. The maximum Gasteiger partial charge on any atom is 0.417 e. The molecule has 0 fully saturated rings. The minimum absolute atomic E-state index is 0.0210. The fraction of sp³-hybridized carbons (Fsp3) is 0.308. The maximum absolute atomic E-state index is 13.1. The van der Waals surface area contributed by atoms with Crippen LogP contribution in [0.25, 0.3) is 5.70 Å². The van der Waals surface area contributed by atoms with E-state index in [0.717, 1.165) is 61.9 Å². The Hall–Kier alpha value is -3.34. The first kappa shape index (κ1) is 26.7. The van der Waals surface area contributed by atoms with E-state index in [-0.39, 0.29) is 5.69 Å². The molecular formula is C26H28ClF3N6O. The van der Waals surface area contributed by atoms with Crippen molar-refractivity contribution in [1.29, 1.82) is 0 Å². The highest BCUT2D eigenvalue weighted by Gasteiger charge is 2.33. The number of halogens is 4. The van der Waals surface area contributed by atoms with Gasteiger partial charge in [-0.1, -0.05) is 37.6 Å². The summed E-state index contributed by atoms with van der Waals surface area (Å²) in [6.45, 7) is 8.74. The van der Waals surface area contributed by atoms with E-state index in [0.29, 0.717) is 5.69 Å². The number of aliphatic imine (C=N–C) groups is 1. The zero-order valence-corrected chi connectivity index (χ0v) is 21.3. The van der Waals surface area contributed by atoms with Crippen molar-refractivity contribution < 1.29 is 18.0 Å². The molecule has 2 aliphatic rings. The first-order chi connectivity index (χ1) is 17.7. The lowest BCUT2D eigenvalue weighted by molar-refractivity contribution is -0.137. The van der Waals surface area contributed by atoms with Gasteiger partial charge in [-0.05, 0) is 55.6 Å². The van der Waals surface area contributed by atoms with Gasteiger partial charge in [-0.3, -0.25) is 5.01 Å². The van der Waals surface area contributed by atoms with Gasteiger partial charge in [-0.15, -0.1) is 0 Å². The molecule has 0 atom stereocenters. The molecule has 0 bridgehead atoms. The second-order valence-corrected chi connectivity index (χ2v) is 8.90. The summed E-state index contributed by atoms with van der Waals surface area (Å²) in [5.74, 6) is 0.844. The number of hydrogen-bond acceptors (Lipinski definition) is 5. The number of likely N-dealkylation sites (N-methyl/N-ethyl adjacent to an activating group) is 1. The topological polar surface area (TPSA) is 63.2 Å². The molecular weight excluding hydrogens is 505 g/mol. The number of allylic oxidation sites excluding steroid dienone is 1. The number of hydrazine groups is 1. The minimum atomic E-state index is -4.63. The van der Waals surface area contributed by atoms with Crippen LogP contribution in [-0.4, -0.2) is 59.9 Å². The van der Waals surface area contributed by atoms with Crippen LogP contribution in [0.5, 0.6) is 0 Å². The predicted octanol–water partition coefficient (Wildman–Crippen LogP) is 6.14. The Labute approximate surface area is 218 Å². The van der Waals surface area contributed by atoms with Crippen LogP contribution in [0.15, 0.2) is 65.4 Å². The summed E-state index contributed by atoms with van der Waals surface area (Å²) in [5, 5.41) is 8.99. The molecule has 2 amide bonds. The Morgan fingerprint density at radius 2 is 1.84 bits per heavy atom. The zero-order chi connectivity index (χ0) is 26.6. The minimum Gasteiger partial charge on any atom is -0.308 e. The Morgan fingerprint density at radius 3 is 2.54 bits per heavy atom. The number of carbonyl (C=O) groups is 1. The first-order valence-electron chi connectivity index (χ1n) is 12.0. The van der Waals surface area contributed by atoms with Gasteiger partial charge in [-0.25, -0.2) is 14.8 Å². The number of alkyl halides is 3. The number of urea groups is 1. The molecule has 2 heterocycles. The molecule has 0 unspecified atom stereocenters. The Kier molecular flexibility index (Phi) is 8.21. The SMILES string of the molecule is CCN(CC)CCN1CC=C2N=CC=C(c3cccc(NC(=O)Nc4ccc(Cl)c(C(F)(F)F)c4)c3)N21. The number of anilines is 2. The molecule has 2 aliphatic heterocycles. The van der Waals surface area contributed by atoms with Gasteiger partial charge in [-0.2, -0.15) is 13.2 Å². The van der Waals surface area contributed by atoms with Crippen molar-refractivity contribution >= 4 is 40.9 Å². The Bertz CT molecular complexity index is 1240. The molecule has 0 aromatic heterocycles. The van der Waals surface area contributed by atoms with Crippen LogP contribution in [0.1, 0.15) is 25.0 Å². The lowest BCUT2D eigenvalue weighted by Crippen LogP contribution is -2.42. The maximum atomic E-state index is 13.1. The van der Waals surface area contributed by atoms with E-state index in [1.54, 1.807) is 18.3 Å². The molecule has 4 rings (SSSR count). The fourth-order valence-electron chi connectivity index (χ4n) is 4.21. The molecule has 37 heavy (non-hydrogen) atoms. The van der Waals surface area contributed by atoms with Gasteiger partial charge in [0, 0.05) is 42.8 Å². The number of carbonyl (C=O) groups excluding carboxylic acids is 1. The lowest BCUT2D eigenvalue weighted by atomic mass is 10.1. The lowest BCUT2D eigenvalue weighted by Gasteiger charge is -2.35. The third kappa shape index (κ3) is 6.33. The summed E-state index contributed by atoms with van der Waals surface area (Å²) >= 11 is 5.66. The largest absolute Gasteiger partial charge is 0.417 e. The number of benzene rings is 2. The summed E-state index contributed by atoms with van der Waals surface area (Å²) in [6.07, 6.45) is 1.11. The van der Waals surface area contributed by atoms with Gasteiger partial charge < -0.3 is 15.5 Å². The van der Waals surface area contributed by atoms with Crippen LogP contribution in [0.4, 0.5) is 29.3 Å². The van der Waals surface area contributed by atoms with E-state index in [1.807, 2.05) is 18.2 Å². The Morgan fingerprint density at radius 1 is 1.11 bits per heavy atom. The summed E-state index contributed by atoms with van der Waals surface area (Å²) in [6, 6.07) is 9.81. The summed E-state index contributed by atoms with van der Waals surface area (Å²) in [7, 11) is 0. The smallest absolute Gasteiger partial charge is 0.308 e. The standard InChI is InChI=1S/C26H28ClF3N6O/c1-3-34(4-2)14-15-35-13-11-24-31-12-10-23(36(24)35)18-6-5-7-19(16-18)32-25(37)33-20-8-9-22(27)21(17-20)26(28,29)30/h5-12,16-17H,3-4,13-15H2,1-2H3,(H2,32,33,37). The molecule has 2 N–H and O–H groups in total. The van der Waals surface area contributed by atoms with E-state index >= 15 is 0 Å². The molecule has 196 valence electrons. The highest BCUT2D eigenvalue weighted by Crippen LogP contribution is 2.36. The molecule has 7 nitrogen and oxygen atoms in total. The summed E-state index contributed by atoms with van der Waals surface area (Å²) in [5.41, 5.74) is 1.22. The van der Waals surface area contributed by atoms with Crippen molar-refractivity contribution in [2.24, 2.45) is 4.99 Å². The number of amides is 2. The highest BCUT2D eigenvalue weighted by atomic mass is 35.5. The van der Waals surface area contributed by atoms with E-state index in [2.05, 4.69) is 50.5 Å². The summed E-state index contributed by atoms with van der Waals surface area (Å²) in [4.78, 5) is 19.4. The average molecular weight is 533 g/mol. The van der Waals surface area contributed by atoms with Crippen molar-refractivity contribution in [2.75, 3.05) is 43.4 Å². The van der Waals surface area contributed by atoms with Crippen LogP contribution in [-0.2, 0) is 6.18 Å². The molecule has 2 aromatic carbocycles. The van der Waals surface area contributed by atoms with E-state index in [4.69, 9.17) is 11.6 Å². The molecule has 0 spiro atoms. The second kappa shape index (κ2) is 11.4. The van der Waals surface area contributed by atoms with Crippen molar-refractivity contribution in [3.63, 3.8) is 0 Å². The molecule has 0 radical (unpaired) electrons. The van der Waals surface area contributed by atoms with Crippen molar-refractivity contribution in [1.82, 2.24) is 14.9 Å². The van der Waals surface area contributed by atoms with E-state index in [1.165, 1.54) is 6.07 Å². The first-order valence-corrected chi connectivity index (χ1v) is 12.3. The molecule has 0 saturated carbocycles. The predicted molar refractivity (Wildman–Crippen MR) is 141 cm³/mol. The second-order valence-electron chi connectivity index (χ2n) is 8.50. The quantitative estimate of drug-likeness (QED) is 0.428. The molecule has 0 saturated heterocycles. The highest BCUT2D eigenvalue weighted by molar-refractivity contribution is 6.31. The van der Waals surface area contributed by atoms with Gasteiger partial charge in [0.25, 0.3) is 0 Å². The summed E-state index contributed by atoms with van der Waals surface area (Å²) < 4.78 is 39.4. The number of nitrogens with one attached hydrogen (secondary N) is 2. The van der Waals surface area contributed by atoms with Gasteiger partial charge in [0.1, 0.15) is 5.82 Å². The average Bonchev–Trinajstić information content (AvgIpc) is 3.28. The Balaban J connectivity index is 1.47. The van der Waals surface area contributed by atoms with Crippen molar-refractivity contribution in [2.45, 2.75) is 20.0 Å². The third-order valence-electron chi connectivity index (χ3n) is 6.17. The number of rotatable bonds is 8. The van der Waals surface area contributed by atoms with Crippen LogP contribution in [0, 0.1) is 0 Å². The van der Waals surface area contributed by atoms with Gasteiger partial charge in [0.2, 0.25) is 0 Å². The van der Waals surface area contributed by atoms with E-state index in [9.17, 15) is 18.0 Å². The normalized spacial score (nSPS) is 15.5. The number of hydrogen-bond donors (Lipinski definition) is 2.